The molecule has 0 radical (unpaired) electrons. The molecule has 42 heavy (non-hydrogen) atoms. The van der Waals surface area contributed by atoms with Crippen molar-refractivity contribution in [3.8, 4) is 0 Å². The summed E-state index contributed by atoms with van der Waals surface area (Å²) in [7, 11) is 0. The number of hydrogen-bond acceptors (Lipinski definition) is 1. The summed E-state index contributed by atoms with van der Waals surface area (Å²) in [6.45, 7) is 17.2. The van der Waals surface area contributed by atoms with Gasteiger partial charge in [-0.15, -0.1) is 0 Å². The summed E-state index contributed by atoms with van der Waals surface area (Å²) in [6, 6.07) is 22.0. The Morgan fingerprint density at radius 3 is 2.40 bits per heavy atom. The standard InChI is InChI=1S/C38H49FN2O/c1-26(2)28-15-19-31-29(23-28)16-20-34-37(6,21-10-22-38(31,34)7)25-41(35(42)40-33-12-9-8-11-32(33)39)24-27-13-17-30(18-14-27)36(3,4)5/h8-9,11-15,17-19,23,26,34H,10,16,20-22,24-25H2,1-7H3,(H,40,42). The summed E-state index contributed by atoms with van der Waals surface area (Å²) in [5, 5.41) is 2.90. The first-order valence-electron chi connectivity index (χ1n) is 15.8. The van der Waals surface area contributed by atoms with Crippen LogP contribution in [0, 0.1) is 17.2 Å². The van der Waals surface area contributed by atoms with Gasteiger partial charge in [0.1, 0.15) is 5.82 Å². The van der Waals surface area contributed by atoms with Gasteiger partial charge in [-0.1, -0.05) is 109 Å². The van der Waals surface area contributed by atoms with Crippen LogP contribution < -0.4 is 5.32 Å². The second kappa shape index (κ2) is 11.5. The molecular weight excluding hydrogens is 519 g/mol. The molecular formula is C38H49FN2O. The molecule has 0 heterocycles. The molecule has 3 unspecified atom stereocenters. The smallest absolute Gasteiger partial charge is 0.320 e. The maximum atomic E-state index is 14.6. The minimum absolute atomic E-state index is 0.0562. The van der Waals surface area contributed by atoms with Crippen LogP contribution in [0.5, 0.6) is 0 Å². The van der Waals surface area contributed by atoms with Crippen molar-refractivity contribution in [2.24, 2.45) is 11.3 Å². The van der Waals surface area contributed by atoms with E-state index in [-0.39, 0.29) is 28.0 Å². The Kier molecular flexibility index (Phi) is 8.31. The topological polar surface area (TPSA) is 32.3 Å². The number of benzene rings is 3. The molecule has 1 fully saturated rings. The zero-order chi connectivity index (χ0) is 30.3. The van der Waals surface area contributed by atoms with Crippen molar-refractivity contribution in [3.05, 3.63) is 100 Å². The Labute approximate surface area is 252 Å². The molecule has 1 N–H and O–H groups in total. The molecule has 0 saturated heterocycles. The number of nitrogens with zero attached hydrogens (tertiary/aromatic N) is 1. The molecule has 3 nitrogen and oxygen atoms in total. The first-order valence-corrected chi connectivity index (χ1v) is 15.8. The normalized spacial score (nSPS) is 23.7. The van der Waals surface area contributed by atoms with E-state index in [9.17, 15) is 9.18 Å². The van der Waals surface area contributed by atoms with E-state index in [1.54, 1.807) is 18.2 Å². The Hall–Kier alpha value is -3.14. The number of fused-ring (bicyclic) bond motifs is 3. The van der Waals surface area contributed by atoms with Gasteiger partial charge in [0.15, 0.2) is 0 Å². The van der Waals surface area contributed by atoms with E-state index in [1.807, 2.05) is 4.90 Å². The lowest BCUT2D eigenvalue weighted by Crippen LogP contribution is -2.54. The zero-order valence-corrected chi connectivity index (χ0v) is 26.7. The summed E-state index contributed by atoms with van der Waals surface area (Å²) in [6.07, 6.45) is 5.61. The summed E-state index contributed by atoms with van der Waals surface area (Å²) >= 11 is 0. The fraction of sp³-hybridized carbons (Fsp3) is 0.500. The van der Waals surface area contributed by atoms with E-state index in [2.05, 4.69) is 96.2 Å². The van der Waals surface area contributed by atoms with Crippen LogP contribution in [0.2, 0.25) is 0 Å². The van der Waals surface area contributed by atoms with Gasteiger partial charge in [0.2, 0.25) is 0 Å². The minimum atomic E-state index is -0.415. The second-order valence-electron chi connectivity index (χ2n) is 14.8. The third kappa shape index (κ3) is 6.00. The molecule has 2 amide bonds. The van der Waals surface area contributed by atoms with E-state index in [4.69, 9.17) is 0 Å². The summed E-state index contributed by atoms with van der Waals surface area (Å²) < 4.78 is 14.6. The first kappa shape index (κ1) is 30.3. The largest absolute Gasteiger partial charge is 0.322 e. The van der Waals surface area contributed by atoms with Crippen molar-refractivity contribution in [2.45, 2.75) is 104 Å². The number of nitrogens with one attached hydrogen (secondary N) is 1. The molecule has 4 heteroatoms. The van der Waals surface area contributed by atoms with Gasteiger partial charge in [-0.05, 0) is 93.7 Å². The van der Waals surface area contributed by atoms with E-state index in [0.29, 0.717) is 24.9 Å². The number of urea groups is 1. The maximum absolute atomic E-state index is 14.6. The summed E-state index contributed by atoms with van der Waals surface area (Å²) in [4.78, 5) is 15.8. The van der Waals surface area contributed by atoms with Crippen LogP contribution >= 0.6 is 0 Å². The molecule has 0 aromatic heterocycles. The number of para-hydroxylation sites is 1. The van der Waals surface area contributed by atoms with Crippen molar-refractivity contribution in [2.75, 3.05) is 11.9 Å². The lowest BCUT2D eigenvalue weighted by Gasteiger charge is -2.56. The third-order valence-corrected chi connectivity index (χ3v) is 10.3. The Morgan fingerprint density at radius 1 is 1.02 bits per heavy atom. The van der Waals surface area contributed by atoms with Crippen molar-refractivity contribution < 1.29 is 9.18 Å². The van der Waals surface area contributed by atoms with Gasteiger partial charge in [-0.25, -0.2) is 9.18 Å². The lowest BCUT2D eigenvalue weighted by atomic mass is 9.49. The van der Waals surface area contributed by atoms with Crippen LogP contribution in [0.15, 0.2) is 66.7 Å². The molecule has 3 atom stereocenters. The molecule has 224 valence electrons. The van der Waals surface area contributed by atoms with Gasteiger partial charge >= 0.3 is 6.03 Å². The van der Waals surface area contributed by atoms with E-state index in [0.717, 1.165) is 31.2 Å². The lowest BCUT2D eigenvalue weighted by molar-refractivity contribution is 0.00467. The summed E-state index contributed by atoms with van der Waals surface area (Å²) in [5.74, 6) is 0.570. The monoisotopic (exact) mass is 568 g/mol. The van der Waals surface area contributed by atoms with Crippen LogP contribution in [-0.4, -0.2) is 17.5 Å². The Balaban J connectivity index is 1.45. The van der Waals surface area contributed by atoms with Crippen molar-refractivity contribution in [1.29, 1.82) is 0 Å². The molecule has 0 aliphatic heterocycles. The number of anilines is 1. The first-order chi connectivity index (χ1) is 19.8. The van der Waals surface area contributed by atoms with Crippen molar-refractivity contribution >= 4 is 11.7 Å². The van der Waals surface area contributed by atoms with Gasteiger partial charge in [-0.2, -0.15) is 0 Å². The Morgan fingerprint density at radius 2 is 1.74 bits per heavy atom. The number of aryl methyl sites for hydroxylation is 1. The average molecular weight is 569 g/mol. The highest BCUT2D eigenvalue weighted by molar-refractivity contribution is 5.89. The van der Waals surface area contributed by atoms with Gasteiger partial charge in [0.25, 0.3) is 0 Å². The van der Waals surface area contributed by atoms with Gasteiger partial charge in [0.05, 0.1) is 5.69 Å². The zero-order valence-electron chi connectivity index (χ0n) is 26.7. The molecule has 0 spiro atoms. The highest BCUT2D eigenvalue weighted by Crippen LogP contribution is 2.57. The van der Waals surface area contributed by atoms with E-state index in [1.165, 1.54) is 34.7 Å². The second-order valence-corrected chi connectivity index (χ2v) is 14.8. The van der Waals surface area contributed by atoms with Crippen LogP contribution in [0.25, 0.3) is 0 Å². The number of rotatable bonds is 6. The van der Waals surface area contributed by atoms with Gasteiger partial charge < -0.3 is 10.2 Å². The van der Waals surface area contributed by atoms with Crippen LogP contribution in [0.4, 0.5) is 14.9 Å². The van der Waals surface area contributed by atoms with E-state index < -0.39 is 5.82 Å². The number of carbonyl (C=O) groups is 1. The number of amides is 2. The molecule has 3 aromatic carbocycles. The van der Waals surface area contributed by atoms with Gasteiger partial charge in [0, 0.05) is 13.1 Å². The molecule has 5 rings (SSSR count). The molecule has 3 aromatic rings. The molecule has 0 bridgehead atoms. The fourth-order valence-electron chi connectivity index (χ4n) is 7.92. The summed E-state index contributed by atoms with van der Waals surface area (Å²) in [5.41, 5.74) is 7.11. The van der Waals surface area contributed by atoms with Crippen molar-refractivity contribution in [3.63, 3.8) is 0 Å². The van der Waals surface area contributed by atoms with Gasteiger partial charge in [-0.3, -0.25) is 0 Å². The maximum Gasteiger partial charge on any atom is 0.322 e. The van der Waals surface area contributed by atoms with E-state index >= 15 is 0 Å². The average Bonchev–Trinajstić information content (AvgIpc) is 2.93. The fourth-order valence-corrected chi connectivity index (χ4v) is 7.92. The highest BCUT2D eigenvalue weighted by Gasteiger charge is 2.52. The van der Waals surface area contributed by atoms with Crippen LogP contribution in [-0.2, 0) is 23.8 Å². The minimum Gasteiger partial charge on any atom is -0.320 e. The van der Waals surface area contributed by atoms with Crippen LogP contribution in [0.1, 0.15) is 108 Å². The highest BCUT2D eigenvalue weighted by atomic mass is 19.1. The van der Waals surface area contributed by atoms with Crippen LogP contribution in [0.3, 0.4) is 0 Å². The number of hydrogen-bond donors (Lipinski definition) is 1. The Bertz CT molecular complexity index is 1420. The predicted molar refractivity (Wildman–Crippen MR) is 173 cm³/mol. The molecule has 1 saturated carbocycles. The quantitative estimate of drug-likeness (QED) is 0.315. The SMILES string of the molecule is CC(C)c1ccc2c(c1)CCC1C(C)(CN(Cc3ccc(C(C)(C)C)cc3)C(=O)Nc3ccccc3F)CCCC21C. The predicted octanol–water partition coefficient (Wildman–Crippen LogP) is 9.99. The number of carbonyl (C=O) groups excluding carboxylic acids is 1. The molecule has 2 aliphatic rings. The van der Waals surface area contributed by atoms with Crippen molar-refractivity contribution in [1.82, 2.24) is 4.90 Å². The molecule has 2 aliphatic carbocycles. The third-order valence-electron chi connectivity index (χ3n) is 10.3. The number of halogens is 1.